The van der Waals surface area contributed by atoms with E-state index in [9.17, 15) is 9.18 Å². The number of carboxylic acid groups (broad SMARTS) is 1. The van der Waals surface area contributed by atoms with Gasteiger partial charge in [0.05, 0.1) is 10.6 Å². The van der Waals surface area contributed by atoms with Gasteiger partial charge in [0.2, 0.25) is 0 Å². The molecule has 0 radical (unpaired) electrons. The van der Waals surface area contributed by atoms with Gasteiger partial charge in [0.1, 0.15) is 5.82 Å². The van der Waals surface area contributed by atoms with Gasteiger partial charge >= 0.3 is 5.97 Å². The van der Waals surface area contributed by atoms with Crippen LogP contribution < -0.4 is 0 Å². The number of hydrogen-bond donors (Lipinski definition) is 1. The summed E-state index contributed by atoms with van der Waals surface area (Å²) in [6, 6.07) is 7.43. The minimum Gasteiger partial charge on any atom is -0.478 e. The number of aromatic nitrogens is 1. The third-order valence-corrected chi connectivity index (χ3v) is 3.59. The van der Waals surface area contributed by atoms with E-state index in [1.807, 2.05) is 0 Å². The minimum atomic E-state index is -1.02. The molecule has 0 saturated heterocycles. The molecule has 1 heterocycles. The van der Waals surface area contributed by atoms with Crippen molar-refractivity contribution in [1.29, 1.82) is 0 Å². The monoisotopic (exact) mass is 297 g/mol. The van der Waals surface area contributed by atoms with Crippen molar-refractivity contribution in [2.45, 2.75) is 10.8 Å². The zero-order chi connectivity index (χ0) is 13.8. The average Bonchev–Trinajstić information content (AvgIpc) is 2.40. The lowest BCUT2D eigenvalue weighted by atomic mass is 10.2. The van der Waals surface area contributed by atoms with Crippen LogP contribution in [0, 0.1) is 5.82 Å². The number of thioether (sulfide) groups is 1. The molecule has 1 aromatic heterocycles. The number of rotatable bonds is 4. The fourth-order valence-electron chi connectivity index (χ4n) is 1.40. The maximum absolute atomic E-state index is 13.5. The Morgan fingerprint density at radius 3 is 2.79 bits per heavy atom. The van der Waals surface area contributed by atoms with Gasteiger partial charge in [-0.3, -0.25) is 0 Å². The maximum atomic E-state index is 13.5. The highest BCUT2D eigenvalue weighted by atomic mass is 35.5. The Bertz CT molecular complexity index is 604. The van der Waals surface area contributed by atoms with Crippen molar-refractivity contribution in [3.8, 4) is 0 Å². The van der Waals surface area contributed by atoms with Crippen LogP contribution in [0.25, 0.3) is 0 Å². The second kappa shape index (κ2) is 6.04. The van der Waals surface area contributed by atoms with Crippen molar-refractivity contribution in [1.82, 2.24) is 4.98 Å². The van der Waals surface area contributed by atoms with Crippen LogP contribution in [0.5, 0.6) is 0 Å². The van der Waals surface area contributed by atoms with Crippen LogP contribution in [-0.4, -0.2) is 16.1 Å². The highest BCUT2D eigenvalue weighted by Gasteiger charge is 2.06. The van der Waals surface area contributed by atoms with Crippen LogP contribution >= 0.6 is 23.4 Å². The molecule has 2 aromatic rings. The van der Waals surface area contributed by atoms with E-state index < -0.39 is 5.97 Å². The number of carboxylic acids is 1. The first-order chi connectivity index (χ1) is 9.06. The molecule has 6 heteroatoms. The van der Waals surface area contributed by atoms with Gasteiger partial charge in [0, 0.05) is 17.0 Å². The third-order valence-electron chi connectivity index (χ3n) is 2.37. The molecule has 19 heavy (non-hydrogen) atoms. The first-order valence-electron chi connectivity index (χ1n) is 5.32. The molecule has 0 fully saturated rings. The minimum absolute atomic E-state index is 0.123. The SMILES string of the molecule is O=C(O)c1ccc(SCc2cc(Cl)ccc2F)nc1. The Kier molecular flexibility index (Phi) is 4.39. The Balaban J connectivity index is 2.06. The average molecular weight is 298 g/mol. The molecule has 0 atom stereocenters. The molecular formula is C13H9ClFNO2S. The lowest BCUT2D eigenvalue weighted by molar-refractivity contribution is 0.0696. The lowest BCUT2D eigenvalue weighted by Crippen LogP contribution is -1.96. The van der Waals surface area contributed by atoms with Crippen LogP contribution in [0.2, 0.25) is 5.02 Å². The molecule has 0 bridgehead atoms. The van der Waals surface area contributed by atoms with E-state index in [0.29, 0.717) is 21.4 Å². The first-order valence-corrected chi connectivity index (χ1v) is 6.68. The fraction of sp³-hybridized carbons (Fsp3) is 0.0769. The van der Waals surface area contributed by atoms with E-state index in [4.69, 9.17) is 16.7 Å². The summed E-state index contributed by atoms with van der Waals surface area (Å²) < 4.78 is 13.5. The normalized spacial score (nSPS) is 10.4. The van der Waals surface area contributed by atoms with Crippen molar-refractivity contribution in [3.63, 3.8) is 0 Å². The molecule has 2 rings (SSSR count). The van der Waals surface area contributed by atoms with E-state index >= 15 is 0 Å². The summed E-state index contributed by atoms with van der Waals surface area (Å²) >= 11 is 7.11. The lowest BCUT2D eigenvalue weighted by Gasteiger charge is -2.04. The van der Waals surface area contributed by atoms with Crippen molar-refractivity contribution < 1.29 is 14.3 Å². The summed E-state index contributed by atoms with van der Waals surface area (Å²) in [5, 5.41) is 9.85. The molecule has 0 aliphatic carbocycles. The smallest absolute Gasteiger partial charge is 0.337 e. The topological polar surface area (TPSA) is 50.2 Å². The number of carbonyl (C=O) groups is 1. The molecule has 1 aromatic carbocycles. The quantitative estimate of drug-likeness (QED) is 0.871. The van der Waals surface area contributed by atoms with E-state index in [1.165, 1.54) is 36.2 Å². The van der Waals surface area contributed by atoms with Gasteiger partial charge in [0.25, 0.3) is 0 Å². The van der Waals surface area contributed by atoms with Gasteiger partial charge in [-0.15, -0.1) is 11.8 Å². The third kappa shape index (κ3) is 3.68. The van der Waals surface area contributed by atoms with Crippen molar-refractivity contribution in [2.24, 2.45) is 0 Å². The maximum Gasteiger partial charge on any atom is 0.337 e. The van der Waals surface area contributed by atoms with Crippen LogP contribution in [-0.2, 0) is 5.75 Å². The number of pyridine rings is 1. The molecular weight excluding hydrogens is 289 g/mol. The van der Waals surface area contributed by atoms with Gasteiger partial charge in [0.15, 0.2) is 0 Å². The molecule has 0 aliphatic rings. The fourth-order valence-corrected chi connectivity index (χ4v) is 2.41. The molecule has 0 spiro atoms. The Morgan fingerprint density at radius 1 is 1.37 bits per heavy atom. The largest absolute Gasteiger partial charge is 0.478 e. The van der Waals surface area contributed by atoms with Crippen LogP contribution in [0.15, 0.2) is 41.6 Å². The summed E-state index contributed by atoms with van der Waals surface area (Å²) in [7, 11) is 0. The zero-order valence-corrected chi connectivity index (χ0v) is 11.2. The van der Waals surface area contributed by atoms with Gasteiger partial charge in [-0.1, -0.05) is 11.6 Å². The number of halogens is 2. The Labute approximate surface area is 118 Å². The highest BCUT2D eigenvalue weighted by molar-refractivity contribution is 7.98. The highest BCUT2D eigenvalue weighted by Crippen LogP contribution is 2.24. The Morgan fingerprint density at radius 2 is 2.16 bits per heavy atom. The standard InChI is InChI=1S/C13H9ClFNO2S/c14-10-2-3-11(15)9(5-10)7-19-12-4-1-8(6-16-12)13(17)18/h1-6H,7H2,(H,17,18). The van der Waals surface area contributed by atoms with E-state index in [1.54, 1.807) is 12.1 Å². The van der Waals surface area contributed by atoms with E-state index in [0.717, 1.165) is 0 Å². The molecule has 1 N–H and O–H groups in total. The molecule has 98 valence electrons. The summed E-state index contributed by atoms with van der Waals surface area (Å²) in [6.07, 6.45) is 1.28. The first kappa shape index (κ1) is 13.8. The van der Waals surface area contributed by atoms with E-state index in [-0.39, 0.29) is 11.4 Å². The van der Waals surface area contributed by atoms with Crippen molar-refractivity contribution in [3.05, 3.63) is 58.5 Å². The molecule has 0 aliphatic heterocycles. The summed E-state index contributed by atoms with van der Waals surface area (Å²) in [5.41, 5.74) is 0.611. The predicted molar refractivity (Wildman–Crippen MR) is 72.2 cm³/mol. The molecule has 0 saturated carbocycles. The summed E-state index contributed by atoms with van der Waals surface area (Å²) in [4.78, 5) is 14.7. The predicted octanol–water partition coefficient (Wildman–Crippen LogP) is 3.86. The van der Waals surface area contributed by atoms with Gasteiger partial charge in [-0.05, 0) is 35.9 Å². The zero-order valence-electron chi connectivity index (χ0n) is 9.64. The molecule has 0 amide bonds. The summed E-state index contributed by atoms with van der Waals surface area (Å²) in [6.45, 7) is 0. The van der Waals surface area contributed by atoms with Gasteiger partial charge < -0.3 is 5.11 Å². The molecule has 0 unspecified atom stereocenters. The molecule has 3 nitrogen and oxygen atoms in total. The number of nitrogens with zero attached hydrogens (tertiary/aromatic N) is 1. The van der Waals surface area contributed by atoms with Gasteiger partial charge in [-0.2, -0.15) is 0 Å². The number of benzene rings is 1. The summed E-state index contributed by atoms with van der Waals surface area (Å²) in [5.74, 6) is -0.963. The number of aromatic carboxylic acids is 1. The van der Waals surface area contributed by atoms with Crippen LogP contribution in [0.4, 0.5) is 4.39 Å². The number of hydrogen-bond acceptors (Lipinski definition) is 3. The van der Waals surface area contributed by atoms with Crippen molar-refractivity contribution in [2.75, 3.05) is 0 Å². The van der Waals surface area contributed by atoms with Crippen LogP contribution in [0.3, 0.4) is 0 Å². The Hall–Kier alpha value is -1.59. The van der Waals surface area contributed by atoms with E-state index in [2.05, 4.69) is 4.98 Å². The second-order valence-electron chi connectivity index (χ2n) is 3.71. The van der Waals surface area contributed by atoms with Crippen LogP contribution in [0.1, 0.15) is 15.9 Å². The van der Waals surface area contributed by atoms with Gasteiger partial charge in [-0.25, -0.2) is 14.2 Å². The second-order valence-corrected chi connectivity index (χ2v) is 5.15. The van der Waals surface area contributed by atoms with Crippen molar-refractivity contribution >= 4 is 29.3 Å².